The Morgan fingerprint density at radius 1 is 0.872 bits per heavy atom. The number of nitrogens with zero attached hydrogens (tertiary/aromatic N) is 2. The third-order valence-corrected chi connectivity index (χ3v) is 8.42. The van der Waals surface area contributed by atoms with Crippen LogP contribution in [0.4, 0.5) is 0 Å². The van der Waals surface area contributed by atoms with Gasteiger partial charge in [-0.15, -0.1) is 0 Å². The predicted octanol–water partition coefficient (Wildman–Crippen LogP) is 6.15. The Kier molecular flexibility index (Phi) is 6.98. The van der Waals surface area contributed by atoms with Crippen LogP contribution in [0.25, 0.3) is 12.2 Å². The fourth-order valence-corrected chi connectivity index (χ4v) is 6.38. The third kappa shape index (κ3) is 4.98. The summed E-state index contributed by atoms with van der Waals surface area (Å²) in [5, 5.41) is 0.664. The molecule has 196 valence electrons. The highest BCUT2D eigenvalue weighted by Crippen LogP contribution is 2.41. The maximum absolute atomic E-state index is 13.9. The van der Waals surface area contributed by atoms with Crippen molar-refractivity contribution in [3.63, 3.8) is 0 Å². The van der Waals surface area contributed by atoms with Crippen molar-refractivity contribution >= 4 is 35.1 Å². The molecule has 39 heavy (non-hydrogen) atoms. The monoisotopic (exact) mass is 554 g/mol. The summed E-state index contributed by atoms with van der Waals surface area (Å²) < 4.78 is 13.2. The molecule has 1 atom stereocenters. The van der Waals surface area contributed by atoms with Crippen LogP contribution >= 0.6 is 22.9 Å². The van der Waals surface area contributed by atoms with Crippen molar-refractivity contribution in [1.29, 1.82) is 0 Å². The molecule has 6 rings (SSSR count). The van der Waals surface area contributed by atoms with Crippen molar-refractivity contribution in [1.82, 2.24) is 4.57 Å². The van der Waals surface area contributed by atoms with Gasteiger partial charge >= 0.3 is 0 Å². The second-order valence-electron chi connectivity index (χ2n) is 9.58. The lowest BCUT2D eigenvalue weighted by Gasteiger charge is -2.31. The lowest BCUT2D eigenvalue weighted by atomic mass is 9.84. The summed E-state index contributed by atoms with van der Waals surface area (Å²) in [6.07, 6.45) is 6.95. The largest absolute Gasteiger partial charge is 0.497 e. The molecule has 0 unspecified atom stereocenters. The maximum Gasteiger partial charge on any atom is 0.271 e. The van der Waals surface area contributed by atoms with Crippen LogP contribution in [-0.4, -0.2) is 18.8 Å². The number of allylic oxidation sites excluding steroid dienone is 2. The average Bonchev–Trinajstić information content (AvgIpc) is 3.28. The molecule has 1 aliphatic heterocycles. The molecule has 1 aliphatic carbocycles. The van der Waals surface area contributed by atoms with E-state index in [9.17, 15) is 4.79 Å². The fraction of sp³-hybridized carbons (Fsp3) is 0.188. The van der Waals surface area contributed by atoms with Gasteiger partial charge in [0.15, 0.2) is 4.80 Å². The van der Waals surface area contributed by atoms with E-state index in [0.29, 0.717) is 14.4 Å². The topological polar surface area (TPSA) is 52.8 Å². The molecule has 7 heteroatoms. The number of ether oxygens (including phenoxy) is 2. The number of aromatic nitrogens is 1. The van der Waals surface area contributed by atoms with E-state index in [4.69, 9.17) is 26.1 Å². The van der Waals surface area contributed by atoms with Gasteiger partial charge < -0.3 is 9.47 Å². The first-order valence-corrected chi connectivity index (χ1v) is 14.0. The van der Waals surface area contributed by atoms with Crippen LogP contribution in [0, 0.1) is 0 Å². The molecule has 3 aromatic carbocycles. The Balaban J connectivity index is 1.54. The highest BCUT2D eigenvalue weighted by molar-refractivity contribution is 7.07. The first-order valence-electron chi connectivity index (χ1n) is 12.8. The van der Waals surface area contributed by atoms with Crippen LogP contribution in [0.2, 0.25) is 5.02 Å². The number of methoxy groups -OCH3 is 2. The first kappa shape index (κ1) is 25.4. The molecule has 0 radical (unpaired) electrons. The molecule has 0 saturated heterocycles. The van der Waals surface area contributed by atoms with Crippen LogP contribution in [-0.2, 0) is 0 Å². The third-order valence-electron chi connectivity index (χ3n) is 7.19. The van der Waals surface area contributed by atoms with E-state index < -0.39 is 0 Å². The quantitative estimate of drug-likeness (QED) is 0.297. The standard InChI is InChI=1S/C32H27ClN2O3S/c1-37-25-14-8-20(9-15-25)18-23-4-3-5-27-29(23)34-32-35(30(27)22-10-16-26(38-2)17-11-22)31(36)28(39-32)19-21-6-12-24(33)13-7-21/h6-19,30H,3-5H2,1-2H3/b23-18+,28-19-/t30-/m0/s1. The summed E-state index contributed by atoms with van der Waals surface area (Å²) in [5.41, 5.74) is 6.40. The van der Waals surface area contributed by atoms with E-state index in [2.05, 4.69) is 30.3 Å². The number of hydrogen-bond donors (Lipinski definition) is 0. The molecular formula is C32H27ClN2O3S. The summed E-state index contributed by atoms with van der Waals surface area (Å²) in [6, 6.07) is 23.4. The molecule has 0 amide bonds. The Labute approximate surface area is 235 Å². The minimum atomic E-state index is -0.228. The van der Waals surface area contributed by atoms with Gasteiger partial charge in [0.2, 0.25) is 0 Å². The highest BCUT2D eigenvalue weighted by Gasteiger charge is 2.32. The zero-order valence-electron chi connectivity index (χ0n) is 21.7. The summed E-state index contributed by atoms with van der Waals surface area (Å²) in [5.74, 6) is 1.61. The smallest absolute Gasteiger partial charge is 0.271 e. The van der Waals surface area contributed by atoms with Crippen LogP contribution < -0.4 is 24.4 Å². The van der Waals surface area contributed by atoms with Gasteiger partial charge in [-0.25, -0.2) is 4.99 Å². The van der Waals surface area contributed by atoms with Crippen molar-refractivity contribution in [2.24, 2.45) is 4.99 Å². The highest BCUT2D eigenvalue weighted by atomic mass is 35.5. The predicted molar refractivity (Wildman–Crippen MR) is 157 cm³/mol. The zero-order chi connectivity index (χ0) is 26.9. The van der Waals surface area contributed by atoms with Gasteiger partial charge in [-0.3, -0.25) is 9.36 Å². The van der Waals surface area contributed by atoms with Crippen molar-refractivity contribution in [3.8, 4) is 11.5 Å². The van der Waals surface area contributed by atoms with Gasteiger partial charge in [-0.2, -0.15) is 0 Å². The fourth-order valence-electron chi connectivity index (χ4n) is 5.25. The van der Waals surface area contributed by atoms with E-state index in [1.54, 1.807) is 14.2 Å². The minimum Gasteiger partial charge on any atom is -0.497 e. The lowest BCUT2D eigenvalue weighted by Crippen LogP contribution is -2.39. The van der Waals surface area contributed by atoms with Crippen molar-refractivity contribution < 1.29 is 9.47 Å². The summed E-state index contributed by atoms with van der Waals surface area (Å²) in [4.78, 5) is 19.7. The Morgan fingerprint density at radius 2 is 1.49 bits per heavy atom. The van der Waals surface area contributed by atoms with E-state index in [0.717, 1.165) is 53.1 Å². The number of halogens is 1. The number of hydrogen-bond acceptors (Lipinski definition) is 5. The average molecular weight is 555 g/mol. The van der Waals surface area contributed by atoms with Crippen molar-refractivity contribution in [3.05, 3.63) is 131 Å². The molecule has 0 fully saturated rings. The Hall–Kier alpha value is -3.87. The van der Waals surface area contributed by atoms with Gasteiger partial charge in [0, 0.05) is 5.02 Å². The van der Waals surface area contributed by atoms with Crippen molar-refractivity contribution in [2.75, 3.05) is 14.2 Å². The Bertz CT molecular complexity index is 1760. The molecule has 5 nitrogen and oxygen atoms in total. The minimum absolute atomic E-state index is 0.0349. The van der Waals surface area contributed by atoms with Crippen LogP contribution in [0.15, 0.2) is 99.4 Å². The second-order valence-corrected chi connectivity index (χ2v) is 11.0. The van der Waals surface area contributed by atoms with E-state index in [1.807, 2.05) is 59.2 Å². The number of benzene rings is 3. The van der Waals surface area contributed by atoms with Gasteiger partial charge in [-0.1, -0.05) is 59.3 Å². The second kappa shape index (κ2) is 10.7. The van der Waals surface area contributed by atoms with Crippen molar-refractivity contribution in [2.45, 2.75) is 25.3 Å². The molecule has 4 aromatic rings. The van der Waals surface area contributed by atoms with Crippen LogP contribution in [0.1, 0.15) is 42.0 Å². The molecule has 2 aliphatic rings. The van der Waals surface area contributed by atoms with E-state index in [1.165, 1.54) is 22.5 Å². The molecule has 1 aromatic heterocycles. The molecule has 0 saturated carbocycles. The Morgan fingerprint density at radius 3 is 2.15 bits per heavy atom. The van der Waals surface area contributed by atoms with E-state index in [-0.39, 0.29) is 11.6 Å². The number of fused-ring (bicyclic) bond motifs is 1. The van der Waals surface area contributed by atoms with Crippen LogP contribution in [0.5, 0.6) is 11.5 Å². The van der Waals surface area contributed by atoms with Gasteiger partial charge in [0.1, 0.15) is 11.5 Å². The van der Waals surface area contributed by atoms with Gasteiger partial charge in [-0.05, 0) is 95.6 Å². The summed E-state index contributed by atoms with van der Waals surface area (Å²) >= 11 is 7.50. The molecule has 0 bridgehead atoms. The van der Waals surface area contributed by atoms with Gasteiger partial charge in [0.05, 0.1) is 30.5 Å². The van der Waals surface area contributed by atoms with Gasteiger partial charge in [0.25, 0.3) is 5.56 Å². The summed E-state index contributed by atoms with van der Waals surface area (Å²) in [7, 11) is 3.33. The molecule has 2 heterocycles. The van der Waals surface area contributed by atoms with E-state index >= 15 is 0 Å². The molecular weight excluding hydrogens is 528 g/mol. The maximum atomic E-state index is 13.9. The normalized spacial score (nSPS) is 18.0. The lowest BCUT2D eigenvalue weighted by molar-refractivity contribution is 0.414. The number of rotatable bonds is 5. The van der Waals surface area contributed by atoms with Crippen LogP contribution in [0.3, 0.4) is 0 Å². The zero-order valence-corrected chi connectivity index (χ0v) is 23.3. The SMILES string of the molecule is COc1ccc(/C=C2\CCCC3=C2N=c2s/c(=C\c4ccc(Cl)cc4)c(=O)n2[C@H]3c2ccc(OC)cc2)cc1. The molecule has 0 N–H and O–H groups in total. The number of thiazole rings is 1. The summed E-state index contributed by atoms with van der Waals surface area (Å²) in [6.45, 7) is 0. The first-order chi connectivity index (χ1) is 19.0. The molecule has 0 spiro atoms.